The van der Waals surface area contributed by atoms with Crippen LogP contribution in [0.3, 0.4) is 0 Å². The first kappa shape index (κ1) is 17.4. The van der Waals surface area contributed by atoms with Crippen molar-refractivity contribution < 1.29 is 9.63 Å². The normalized spacial score (nSPS) is 14.0. The fourth-order valence-corrected chi connectivity index (χ4v) is 2.94. The molecule has 0 aliphatic heterocycles. The van der Waals surface area contributed by atoms with E-state index in [1.54, 1.807) is 6.92 Å². The Morgan fingerprint density at radius 1 is 1.15 bits per heavy atom. The van der Waals surface area contributed by atoms with Crippen LogP contribution in [0.5, 0.6) is 0 Å². The standard InChI is InChI=1S/C21H22N4O2/c1-14(2)21(3,26)20-23-19(24-27-20)16-8-6-7-15(11-16)12-25-13-22-17-9-4-5-10-18(17)25/h4-11,13-14,26H,12H2,1-3H3/t21-/m0/s1. The predicted molar refractivity (Wildman–Crippen MR) is 103 cm³/mol. The van der Waals surface area contributed by atoms with E-state index in [1.807, 2.05) is 56.6 Å². The van der Waals surface area contributed by atoms with Gasteiger partial charge in [-0.25, -0.2) is 4.98 Å². The summed E-state index contributed by atoms with van der Waals surface area (Å²) in [6.45, 7) is 6.22. The van der Waals surface area contributed by atoms with E-state index in [0.29, 0.717) is 12.4 Å². The van der Waals surface area contributed by atoms with Gasteiger partial charge < -0.3 is 14.2 Å². The van der Waals surface area contributed by atoms with Crippen LogP contribution in [0.15, 0.2) is 59.4 Å². The Morgan fingerprint density at radius 3 is 2.78 bits per heavy atom. The zero-order valence-corrected chi connectivity index (χ0v) is 15.6. The minimum absolute atomic E-state index is 0.0355. The summed E-state index contributed by atoms with van der Waals surface area (Å²) in [5.74, 6) is 0.674. The Kier molecular flexibility index (Phi) is 4.28. The second kappa shape index (κ2) is 6.63. The van der Waals surface area contributed by atoms with Gasteiger partial charge in [-0.3, -0.25) is 0 Å². The molecule has 27 heavy (non-hydrogen) atoms. The fraction of sp³-hybridized carbons (Fsp3) is 0.286. The molecule has 0 fully saturated rings. The molecule has 0 bridgehead atoms. The largest absolute Gasteiger partial charge is 0.380 e. The van der Waals surface area contributed by atoms with Gasteiger partial charge in [-0.2, -0.15) is 4.98 Å². The third kappa shape index (κ3) is 3.24. The van der Waals surface area contributed by atoms with Crippen molar-refractivity contribution in [2.75, 3.05) is 0 Å². The molecule has 4 aromatic rings. The van der Waals surface area contributed by atoms with Crippen molar-refractivity contribution in [3.05, 3.63) is 66.3 Å². The van der Waals surface area contributed by atoms with E-state index in [-0.39, 0.29) is 11.8 Å². The molecule has 0 aliphatic carbocycles. The molecule has 0 spiro atoms. The van der Waals surface area contributed by atoms with Crippen LogP contribution >= 0.6 is 0 Å². The SMILES string of the molecule is CC(C)[C@](C)(O)c1nc(-c2cccc(Cn3cnc4ccccc43)c2)no1. The molecule has 2 aromatic heterocycles. The van der Waals surface area contributed by atoms with Crippen LogP contribution in [0.1, 0.15) is 32.2 Å². The molecule has 138 valence electrons. The zero-order chi connectivity index (χ0) is 19.0. The van der Waals surface area contributed by atoms with Gasteiger partial charge in [0.2, 0.25) is 5.82 Å². The Bertz CT molecular complexity index is 1080. The van der Waals surface area contributed by atoms with Crippen LogP contribution in [0.2, 0.25) is 0 Å². The molecular formula is C21H22N4O2. The Morgan fingerprint density at radius 2 is 1.96 bits per heavy atom. The molecule has 0 aliphatic rings. The van der Waals surface area contributed by atoms with E-state index in [9.17, 15) is 5.11 Å². The molecule has 0 saturated carbocycles. The van der Waals surface area contributed by atoms with Gasteiger partial charge in [0.05, 0.1) is 17.4 Å². The Hall–Kier alpha value is -2.99. The highest BCUT2D eigenvalue weighted by atomic mass is 16.5. The van der Waals surface area contributed by atoms with Crippen LogP contribution in [0, 0.1) is 5.92 Å². The average molecular weight is 362 g/mol. The lowest BCUT2D eigenvalue weighted by molar-refractivity contribution is -0.0205. The summed E-state index contributed by atoms with van der Waals surface area (Å²) in [6, 6.07) is 16.1. The van der Waals surface area contributed by atoms with Crippen molar-refractivity contribution in [3.8, 4) is 11.4 Å². The lowest BCUT2D eigenvalue weighted by atomic mass is 9.92. The van der Waals surface area contributed by atoms with Crippen molar-refractivity contribution in [1.82, 2.24) is 19.7 Å². The maximum atomic E-state index is 10.5. The number of hydrogen-bond donors (Lipinski definition) is 1. The van der Waals surface area contributed by atoms with E-state index in [4.69, 9.17) is 4.52 Å². The van der Waals surface area contributed by atoms with Gasteiger partial charge in [-0.15, -0.1) is 0 Å². The van der Waals surface area contributed by atoms with E-state index in [1.165, 1.54) is 0 Å². The minimum atomic E-state index is -1.15. The smallest absolute Gasteiger partial charge is 0.258 e. The van der Waals surface area contributed by atoms with Gasteiger partial charge in [0.25, 0.3) is 5.89 Å². The maximum absolute atomic E-state index is 10.5. The van der Waals surface area contributed by atoms with Crippen molar-refractivity contribution in [2.24, 2.45) is 5.92 Å². The molecular weight excluding hydrogens is 340 g/mol. The molecule has 2 aromatic carbocycles. The summed E-state index contributed by atoms with van der Waals surface area (Å²) in [5, 5.41) is 14.6. The number of imidazole rings is 1. The summed E-state index contributed by atoms with van der Waals surface area (Å²) in [5.41, 5.74) is 2.88. The van der Waals surface area contributed by atoms with Gasteiger partial charge in [0.15, 0.2) is 0 Å². The van der Waals surface area contributed by atoms with Crippen molar-refractivity contribution >= 4 is 11.0 Å². The number of nitrogens with zero attached hydrogens (tertiary/aromatic N) is 4. The summed E-state index contributed by atoms with van der Waals surface area (Å²) < 4.78 is 7.43. The van der Waals surface area contributed by atoms with Gasteiger partial charge in [-0.1, -0.05) is 49.3 Å². The number of aliphatic hydroxyl groups is 1. The molecule has 0 saturated heterocycles. The minimum Gasteiger partial charge on any atom is -0.380 e. The number of fused-ring (bicyclic) bond motifs is 1. The lowest BCUT2D eigenvalue weighted by Gasteiger charge is -2.22. The summed E-state index contributed by atoms with van der Waals surface area (Å²) in [7, 11) is 0. The van der Waals surface area contributed by atoms with Crippen LogP contribution in [0.4, 0.5) is 0 Å². The first-order valence-electron chi connectivity index (χ1n) is 9.01. The first-order valence-corrected chi connectivity index (χ1v) is 9.01. The molecule has 0 unspecified atom stereocenters. The monoisotopic (exact) mass is 362 g/mol. The zero-order valence-electron chi connectivity index (χ0n) is 15.6. The van der Waals surface area contributed by atoms with Gasteiger partial charge in [0, 0.05) is 12.1 Å². The number of para-hydroxylation sites is 2. The molecule has 4 rings (SSSR count). The molecule has 1 N–H and O–H groups in total. The summed E-state index contributed by atoms with van der Waals surface area (Å²) in [6.07, 6.45) is 1.85. The van der Waals surface area contributed by atoms with E-state index in [0.717, 1.165) is 22.2 Å². The first-order chi connectivity index (χ1) is 12.9. The van der Waals surface area contributed by atoms with Crippen molar-refractivity contribution in [1.29, 1.82) is 0 Å². The Labute approximate surface area is 157 Å². The highest BCUT2D eigenvalue weighted by Crippen LogP contribution is 2.29. The van der Waals surface area contributed by atoms with E-state index < -0.39 is 5.60 Å². The topological polar surface area (TPSA) is 77.0 Å². The summed E-state index contributed by atoms with van der Waals surface area (Å²) >= 11 is 0. The Balaban J connectivity index is 1.63. The fourth-order valence-electron chi connectivity index (χ4n) is 2.94. The number of hydrogen-bond acceptors (Lipinski definition) is 5. The number of aromatic nitrogens is 4. The average Bonchev–Trinajstić information content (AvgIpc) is 3.30. The highest BCUT2D eigenvalue weighted by molar-refractivity contribution is 5.75. The highest BCUT2D eigenvalue weighted by Gasteiger charge is 2.33. The molecule has 0 amide bonds. The quantitative estimate of drug-likeness (QED) is 0.581. The third-order valence-corrected chi connectivity index (χ3v) is 5.05. The molecule has 2 heterocycles. The molecule has 1 atom stereocenters. The van der Waals surface area contributed by atoms with Gasteiger partial charge in [0.1, 0.15) is 5.60 Å². The number of rotatable bonds is 5. The van der Waals surface area contributed by atoms with Crippen LogP contribution < -0.4 is 0 Å². The maximum Gasteiger partial charge on any atom is 0.258 e. The van der Waals surface area contributed by atoms with Gasteiger partial charge >= 0.3 is 0 Å². The second-order valence-corrected chi connectivity index (χ2v) is 7.29. The van der Waals surface area contributed by atoms with Crippen LogP contribution in [-0.4, -0.2) is 24.8 Å². The van der Waals surface area contributed by atoms with Crippen LogP contribution in [-0.2, 0) is 12.1 Å². The third-order valence-electron chi connectivity index (χ3n) is 5.05. The number of benzene rings is 2. The van der Waals surface area contributed by atoms with E-state index in [2.05, 4.69) is 31.8 Å². The van der Waals surface area contributed by atoms with E-state index >= 15 is 0 Å². The molecule has 6 heteroatoms. The second-order valence-electron chi connectivity index (χ2n) is 7.29. The van der Waals surface area contributed by atoms with Crippen LogP contribution in [0.25, 0.3) is 22.4 Å². The lowest BCUT2D eigenvalue weighted by Crippen LogP contribution is -2.28. The summed E-state index contributed by atoms with van der Waals surface area (Å²) in [4.78, 5) is 8.85. The molecule has 0 radical (unpaired) electrons. The van der Waals surface area contributed by atoms with Crippen molar-refractivity contribution in [2.45, 2.75) is 32.9 Å². The molecule has 6 nitrogen and oxygen atoms in total. The van der Waals surface area contributed by atoms with Gasteiger partial charge in [-0.05, 0) is 36.6 Å². The predicted octanol–water partition coefficient (Wildman–Crippen LogP) is 4.00. The van der Waals surface area contributed by atoms with Crippen molar-refractivity contribution in [3.63, 3.8) is 0 Å².